The molecule has 0 spiro atoms. The van der Waals surface area contributed by atoms with Gasteiger partial charge in [-0.05, 0) is 85.1 Å². The summed E-state index contributed by atoms with van der Waals surface area (Å²) in [6, 6.07) is 16.5. The van der Waals surface area contributed by atoms with Crippen LogP contribution in [0.5, 0.6) is 5.75 Å². The monoisotopic (exact) mass is 474 g/mol. The van der Waals surface area contributed by atoms with E-state index in [0.717, 1.165) is 17.7 Å². The van der Waals surface area contributed by atoms with Crippen molar-refractivity contribution in [1.82, 2.24) is 0 Å². The number of ether oxygens (including phenoxy) is 1. The Morgan fingerprint density at radius 2 is 1.78 bits per heavy atom. The Kier molecular flexibility index (Phi) is 6.34. The number of carbonyl (C=O) groups excluding carboxylic acids is 1. The molecule has 0 aromatic heterocycles. The number of hydrogen-bond donors (Lipinski definition) is 1. The van der Waals surface area contributed by atoms with E-state index in [0.29, 0.717) is 41.5 Å². The zero-order chi connectivity index (χ0) is 22.7. The van der Waals surface area contributed by atoms with Crippen molar-refractivity contribution in [2.75, 3.05) is 22.8 Å². The van der Waals surface area contributed by atoms with Gasteiger partial charge in [0.25, 0.3) is 15.9 Å². The Morgan fingerprint density at radius 3 is 2.50 bits per heavy atom. The predicted molar refractivity (Wildman–Crippen MR) is 121 cm³/mol. The lowest BCUT2D eigenvalue weighted by Gasteiger charge is -2.31. The maximum absolute atomic E-state index is 13.2. The van der Waals surface area contributed by atoms with E-state index >= 15 is 0 Å². The molecule has 1 aliphatic rings. The Bertz CT molecular complexity index is 1230. The molecule has 0 atom stereocenters. The molecule has 166 valence electrons. The van der Waals surface area contributed by atoms with Gasteiger partial charge in [0.15, 0.2) is 6.61 Å². The quantitative estimate of drug-likeness (QED) is 0.564. The van der Waals surface area contributed by atoms with Crippen LogP contribution >= 0.6 is 11.6 Å². The van der Waals surface area contributed by atoms with Gasteiger partial charge in [0.2, 0.25) is 0 Å². The van der Waals surface area contributed by atoms with Crippen molar-refractivity contribution in [3.05, 3.63) is 83.1 Å². The number of rotatable bonds is 6. The second-order valence-electron chi connectivity index (χ2n) is 7.27. The summed E-state index contributed by atoms with van der Waals surface area (Å²) < 4.78 is 46.1. The van der Waals surface area contributed by atoms with Crippen molar-refractivity contribution >= 4 is 38.9 Å². The summed E-state index contributed by atoms with van der Waals surface area (Å²) in [5.74, 6) is -0.313. The summed E-state index contributed by atoms with van der Waals surface area (Å²) >= 11 is 5.83. The van der Waals surface area contributed by atoms with Gasteiger partial charge in [-0.25, -0.2) is 12.8 Å². The van der Waals surface area contributed by atoms with Crippen molar-refractivity contribution in [2.45, 2.75) is 17.7 Å². The van der Waals surface area contributed by atoms with E-state index in [1.54, 1.807) is 42.5 Å². The van der Waals surface area contributed by atoms with Gasteiger partial charge in [-0.3, -0.25) is 9.10 Å². The van der Waals surface area contributed by atoms with Gasteiger partial charge in [-0.15, -0.1) is 0 Å². The molecule has 1 heterocycles. The number of halogens is 2. The number of nitrogens with one attached hydrogen (secondary N) is 1. The fraction of sp³-hybridized carbons (Fsp3) is 0.174. The van der Waals surface area contributed by atoms with Gasteiger partial charge in [-0.1, -0.05) is 11.6 Å². The minimum atomic E-state index is -3.82. The van der Waals surface area contributed by atoms with Gasteiger partial charge in [0.05, 0.1) is 10.6 Å². The summed E-state index contributed by atoms with van der Waals surface area (Å²) in [5.41, 5.74) is 1.91. The van der Waals surface area contributed by atoms with Gasteiger partial charge in [0.1, 0.15) is 11.6 Å². The largest absolute Gasteiger partial charge is 0.484 e. The second kappa shape index (κ2) is 9.18. The van der Waals surface area contributed by atoms with E-state index in [-0.39, 0.29) is 17.4 Å². The number of fused-ring (bicyclic) bond motifs is 1. The highest BCUT2D eigenvalue weighted by atomic mass is 35.5. The molecule has 9 heteroatoms. The lowest BCUT2D eigenvalue weighted by molar-refractivity contribution is -0.118. The first kappa shape index (κ1) is 22.1. The first-order chi connectivity index (χ1) is 15.3. The SMILES string of the molecule is O=C(COc1ccc(Cl)cc1)Nc1ccc2c(c1)CCCN2S(=O)(=O)c1ccc(F)cc1. The first-order valence-electron chi connectivity index (χ1n) is 9.92. The molecule has 0 unspecified atom stereocenters. The lowest BCUT2D eigenvalue weighted by Crippen LogP contribution is -2.35. The molecular weight excluding hydrogens is 455 g/mol. The van der Waals surface area contributed by atoms with E-state index in [1.165, 1.54) is 16.4 Å². The van der Waals surface area contributed by atoms with Crippen LogP contribution in [0.25, 0.3) is 0 Å². The van der Waals surface area contributed by atoms with Crippen molar-refractivity contribution in [1.29, 1.82) is 0 Å². The molecule has 1 aliphatic heterocycles. The molecule has 0 radical (unpaired) electrons. The molecule has 3 aromatic rings. The minimum absolute atomic E-state index is 0.0310. The number of sulfonamides is 1. The Hall–Kier alpha value is -3.10. The Balaban J connectivity index is 1.47. The Morgan fingerprint density at radius 1 is 1.06 bits per heavy atom. The topological polar surface area (TPSA) is 75.7 Å². The van der Waals surface area contributed by atoms with E-state index in [2.05, 4.69) is 5.32 Å². The van der Waals surface area contributed by atoms with Crippen LogP contribution < -0.4 is 14.4 Å². The van der Waals surface area contributed by atoms with Crippen molar-refractivity contribution in [3.63, 3.8) is 0 Å². The van der Waals surface area contributed by atoms with Crippen LogP contribution in [0.1, 0.15) is 12.0 Å². The van der Waals surface area contributed by atoms with Crippen LogP contribution in [-0.2, 0) is 21.2 Å². The summed E-state index contributed by atoms with van der Waals surface area (Å²) in [6.45, 7) is 0.150. The molecular formula is C23H20ClFN2O4S. The van der Waals surface area contributed by atoms with Crippen molar-refractivity contribution < 1.29 is 22.3 Å². The molecule has 32 heavy (non-hydrogen) atoms. The first-order valence-corrected chi connectivity index (χ1v) is 11.7. The number of nitrogens with zero attached hydrogens (tertiary/aromatic N) is 1. The Labute approximate surface area is 190 Å². The fourth-order valence-corrected chi connectivity index (χ4v) is 5.17. The minimum Gasteiger partial charge on any atom is -0.484 e. The number of carbonyl (C=O) groups is 1. The molecule has 0 fully saturated rings. The third-order valence-corrected chi connectivity index (χ3v) is 7.10. The van der Waals surface area contributed by atoms with E-state index in [4.69, 9.17) is 16.3 Å². The van der Waals surface area contributed by atoms with E-state index in [1.807, 2.05) is 0 Å². The molecule has 0 bridgehead atoms. The molecule has 3 aromatic carbocycles. The molecule has 0 aliphatic carbocycles. The normalized spacial score (nSPS) is 13.4. The van der Waals surface area contributed by atoms with Crippen LogP contribution in [0.3, 0.4) is 0 Å². The lowest BCUT2D eigenvalue weighted by atomic mass is 10.0. The molecule has 1 amide bonds. The summed E-state index contributed by atoms with van der Waals surface area (Å²) in [6.07, 6.45) is 1.31. The van der Waals surface area contributed by atoms with Crippen LogP contribution in [0.15, 0.2) is 71.6 Å². The zero-order valence-electron chi connectivity index (χ0n) is 16.9. The number of aryl methyl sites for hydroxylation is 1. The second-order valence-corrected chi connectivity index (χ2v) is 9.57. The van der Waals surface area contributed by atoms with E-state index < -0.39 is 15.8 Å². The van der Waals surface area contributed by atoms with Crippen LogP contribution in [0, 0.1) is 5.82 Å². The molecule has 0 saturated carbocycles. The van der Waals surface area contributed by atoms with Gasteiger partial charge in [0, 0.05) is 17.3 Å². The average Bonchev–Trinajstić information content (AvgIpc) is 2.78. The van der Waals surface area contributed by atoms with Crippen LogP contribution in [0.2, 0.25) is 5.02 Å². The van der Waals surface area contributed by atoms with Crippen molar-refractivity contribution in [3.8, 4) is 5.75 Å². The van der Waals surface area contributed by atoms with Crippen LogP contribution in [-0.4, -0.2) is 27.5 Å². The maximum Gasteiger partial charge on any atom is 0.264 e. The summed E-state index contributed by atoms with van der Waals surface area (Å²) in [4.78, 5) is 12.3. The zero-order valence-corrected chi connectivity index (χ0v) is 18.5. The number of anilines is 2. The summed E-state index contributed by atoms with van der Waals surface area (Å²) in [5, 5.41) is 3.34. The highest BCUT2D eigenvalue weighted by molar-refractivity contribution is 7.92. The highest BCUT2D eigenvalue weighted by Crippen LogP contribution is 2.33. The predicted octanol–water partition coefficient (Wildman–Crippen LogP) is 4.64. The van der Waals surface area contributed by atoms with Crippen molar-refractivity contribution in [2.24, 2.45) is 0 Å². The van der Waals surface area contributed by atoms with Gasteiger partial charge in [-0.2, -0.15) is 0 Å². The van der Waals surface area contributed by atoms with Crippen LogP contribution in [0.4, 0.5) is 15.8 Å². The summed E-state index contributed by atoms with van der Waals surface area (Å²) in [7, 11) is -3.82. The molecule has 1 N–H and O–H groups in total. The molecule has 0 saturated heterocycles. The maximum atomic E-state index is 13.2. The smallest absolute Gasteiger partial charge is 0.264 e. The third kappa shape index (κ3) is 4.87. The standard InChI is InChI=1S/C23H20ClFN2O4S/c24-17-3-8-20(9-4-17)31-15-23(28)26-19-7-12-22-16(14-19)2-1-13-27(22)32(29,30)21-10-5-18(25)6-11-21/h3-12,14H,1-2,13,15H2,(H,26,28). The average molecular weight is 475 g/mol. The molecule has 6 nitrogen and oxygen atoms in total. The van der Waals surface area contributed by atoms with Gasteiger partial charge >= 0.3 is 0 Å². The number of hydrogen-bond acceptors (Lipinski definition) is 4. The van der Waals surface area contributed by atoms with E-state index in [9.17, 15) is 17.6 Å². The molecule has 4 rings (SSSR count). The van der Waals surface area contributed by atoms with Gasteiger partial charge < -0.3 is 10.1 Å². The fourth-order valence-electron chi connectivity index (χ4n) is 3.50. The third-order valence-electron chi connectivity index (χ3n) is 5.02. The highest BCUT2D eigenvalue weighted by Gasteiger charge is 2.29. The number of benzene rings is 3. The number of amides is 1.